The highest BCUT2D eigenvalue weighted by Gasteiger charge is 2.25. The number of nitrogens with one attached hydrogen (secondary N) is 2. The van der Waals surface area contributed by atoms with Crippen LogP contribution in [-0.2, 0) is 6.42 Å². The molecule has 0 aliphatic carbocycles. The lowest BCUT2D eigenvalue weighted by Crippen LogP contribution is -2.30. The van der Waals surface area contributed by atoms with Crippen LogP contribution in [0.3, 0.4) is 0 Å². The number of H-pyrrole nitrogens is 1. The maximum Gasteiger partial charge on any atom is 0.123 e. The van der Waals surface area contributed by atoms with Crippen molar-refractivity contribution in [3.63, 3.8) is 0 Å². The third kappa shape index (κ3) is 3.32. The van der Waals surface area contributed by atoms with Gasteiger partial charge in [0, 0.05) is 29.7 Å². The predicted molar refractivity (Wildman–Crippen MR) is 102 cm³/mol. The number of likely N-dealkylation sites (N-methyl/N-ethyl adjacent to an activating group) is 1. The minimum absolute atomic E-state index is 0.0880. The number of ether oxygens (including phenoxy) is 1. The molecule has 0 bridgehead atoms. The molecular formula is C21H24FN3O. The first-order valence-electron chi connectivity index (χ1n) is 9.02. The molecule has 1 unspecified atom stereocenters. The lowest BCUT2D eigenvalue weighted by atomic mass is 9.94. The van der Waals surface area contributed by atoms with Gasteiger partial charge in [-0.3, -0.25) is 0 Å². The summed E-state index contributed by atoms with van der Waals surface area (Å²) in [5.41, 5.74) is 4.53. The predicted octanol–water partition coefficient (Wildman–Crippen LogP) is 3.48. The number of benzene rings is 2. The van der Waals surface area contributed by atoms with Crippen molar-refractivity contribution in [2.24, 2.45) is 0 Å². The second-order valence-corrected chi connectivity index (χ2v) is 7.07. The first kappa shape index (κ1) is 17.1. The summed E-state index contributed by atoms with van der Waals surface area (Å²) in [5.74, 6) is 0.693. The molecule has 4 nitrogen and oxygen atoms in total. The Balaban J connectivity index is 1.59. The fourth-order valence-electron chi connectivity index (χ4n) is 3.59. The summed E-state index contributed by atoms with van der Waals surface area (Å²) in [5, 5.41) is 4.57. The third-order valence-corrected chi connectivity index (χ3v) is 4.93. The molecule has 1 atom stereocenters. The Morgan fingerprint density at radius 1 is 1.15 bits per heavy atom. The van der Waals surface area contributed by atoms with Gasteiger partial charge in [0.2, 0.25) is 0 Å². The number of halogens is 1. The third-order valence-electron chi connectivity index (χ3n) is 4.93. The van der Waals surface area contributed by atoms with Gasteiger partial charge in [0.25, 0.3) is 0 Å². The van der Waals surface area contributed by atoms with Crippen molar-refractivity contribution < 1.29 is 9.13 Å². The van der Waals surface area contributed by atoms with Crippen molar-refractivity contribution in [1.29, 1.82) is 0 Å². The van der Waals surface area contributed by atoms with Crippen LogP contribution in [0.1, 0.15) is 22.9 Å². The zero-order valence-electron chi connectivity index (χ0n) is 15.2. The zero-order chi connectivity index (χ0) is 18.1. The van der Waals surface area contributed by atoms with Crippen molar-refractivity contribution in [2.45, 2.75) is 12.5 Å². The van der Waals surface area contributed by atoms with E-state index in [-0.39, 0.29) is 11.9 Å². The Morgan fingerprint density at radius 3 is 2.73 bits per heavy atom. The summed E-state index contributed by atoms with van der Waals surface area (Å²) in [6.45, 7) is 2.44. The van der Waals surface area contributed by atoms with E-state index in [4.69, 9.17) is 4.74 Å². The Morgan fingerprint density at radius 2 is 1.96 bits per heavy atom. The van der Waals surface area contributed by atoms with Crippen molar-refractivity contribution in [3.05, 3.63) is 65.1 Å². The van der Waals surface area contributed by atoms with Crippen LogP contribution in [0, 0.1) is 5.82 Å². The van der Waals surface area contributed by atoms with Gasteiger partial charge in [-0.25, -0.2) is 4.39 Å². The highest BCUT2D eigenvalue weighted by Crippen LogP contribution is 2.34. The molecule has 5 heteroatoms. The molecule has 0 fully saturated rings. The van der Waals surface area contributed by atoms with E-state index in [1.54, 1.807) is 6.07 Å². The minimum atomic E-state index is -0.186. The SMILES string of the molecule is CN(C)CCOc1ccc(C2NCCc3c2[nH]c2ccc(F)cc32)cc1. The Bertz CT molecular complexity index is 902. The molecule has 136 valence electrons. The smallest absolute Gasteiger partial charge is 0.123 e. The molecule has 1 aromatic heterocycles. The van der Waals surface area contributed by atoms with E-state index in [2.05, 4.69) is 27.3 Å². The number of fused-ring (bicyclic) bond motifs is 3. The van der Waals surface area contributed by atoms with E-state index in [1.165, 1.54) is 17.2 Å². The van der Waals surface area contributed by atoms with Crippen LogP contribution in [0.5, 0.6) is 5.75 Å². The maximum atomic E-state index is 13.7. The summed E-state index contributed by atoms with van der Waals surface area (Å²) < 4.78 is 19.4. The quantitative estimate of drug-likeness (QED) is 0.738. The standard InChI is InChI=1S/C21H24FN3O/c1-25(2)11-12-26-16-6-3-14(4-7-16)20-21-17(9-10-23-20)18-13-15(22)5-8-19(18)24-21/h3-8,13,20,23-24H,9-12H2,1-2H3. The van der Waals surface area contributed by atoms with Crippen molar-refractivity contribution in [2.75, 3.05) is 33.8 Å². The van der Waals surface area contributed by atoms with Gasteiger partial charge < -0.3 is 19.9 Å². The van der Waals surface area contributed by atoms with Crippen molar-refractivity contribution in [1.82, 2.24) is 15.2 Å². The monoisotopic (exact) mass is 353 g/mol. The highest BCUT2D eigenvalue weighted by molar-refractivity contribution is 5.85. The summed E-state index contributed by atoms with van der Waals surface area (Å²) in [4.78, 5) is 5.59. The van der Waals surface area contributed by atoms with Gasteiger partial charge in [0.1, 0.15) is 18.2 Å². The van der Waals surface area contributed by atoms with Gasteiger partial charge in [-0.05, 0) is 62.0 Å². The van der Waals surface area contributed by atoms with Gasteiger partial charge >= 0.3 is 0 Å². The first-order valence-corrected chi connectivity index (χ1v) is 9.02. The van der Waals surface area contributed by atoms with Crippen molar-refractivity contribution >= 4 is 10.9 Å². The summed E-state index contributed by atoms with van der Waals surface area (Å²) in [6.07, 6.45) is 0.904. The molecule has 4 rings (SSSR count). The molecule has 2 aromatic carbocycles. The molecule has 2 heterocycles. The van der Waals surface area contributed by atoms with Crippen LogP contribution in [0.25, 0.3) is 10.9 Å². The zero-order valence-corrected chi connectivity index (χ0v) is 15.2. The van der Waals surface area contributed by atoms with Crippen LogP contribution in [0.2, 0.25) is 0 Å². The normalized spacial score (nSPS) is 16.8. The van der Waals surface area contributed by atoms with Crippen molar-refractivity contribution in [3.8, 4) is 5.75 Å². The van der Waals surface area contributed by atoms with E-state index in [0.29, 0.717) is 6.61 Å². The van der Waals surface area contributed by atoms with E-state index in [9.17, 15) is 4.39 Å². The van der Waals surface area contributed by atoms with Crippen LogP contribution < -0.4 is 10.1 Å². The number of aromatic nitrogens is 1. The van der Waals surface area contributed by atoms with E-state index in [0.717, 1.165) is 41.9 Å². The Hall–Kier alpha value is -2.37. The molecule has 26 heavy (non-hydrogen) atoms. The molecule has 0 amide bonds. The van der Waals surface area contributed by atoms with E-state index in [1.807, 2.05) is 32.3 Å². The molecule has 0 saturated heterocycles. The molecule has 2 N–H and O–H groups in total. The number of aromatic amines is 1. The van der Waals surface area contributed by atoms with E-state index < -0.39 is 0 Å². The highest BCUT2D eigenvalue weighted by atomic mass is 19.1. The van der Waals surface area contributed by atoms with Crippen LogP contribution in [0.15, 0.2) is 42.5 Å². The average Bonchev–Trinajstić information content (AvgIpc) is 3.00. The molecule has 0 radical (unpaired) electrons. The fraction of sp³-hybridized carbons (Fsp3) is 0.333. The Labute approximate surface area is 153 Å². The number of nitrogens with zero attached hydrogens (tertiary/aromatic N) is 1. The average molecular weight is 353 g/mol. The lowest BCUT2D eigenvalue weighted by Gasteiger charge is -2.25. The second kappa shape index (κ2) is 7.09. The number of hydrogen-bond donors (Lipinski definition) is 2. The summed E-state index contributed by atoms with van der Waals surface area (Å²) in [7, 11) is 4.07. The largest absolute Gasteiger partial charge is 0.492 e. The summed E-state index contributed by atoms with van der Waals surface area (Å²) >= 11 is 0. The molecule has 0 saturated carbocycles. The number of rotatable bonds is 5. The Kier molecular flexibility index (Phi) is 4.66. The van der Waals surface area contributed by atoms with Gasteiger partial charge in [-0.1, -0.05) is 12.1 Å². The molecule has 1 aliphatic rings. The minimum Gasteiger partial charge on any atom is -0.492 e. The molecule has 1 aliphatic heterocycles. The molecule has 0 spiro atoms. The van der Waals surface area contributed by atoms with E-state index >= 15 is 0 Å². The fourth-order valence-corrected chi connectivity index (χ4v) is 3.59. The van der Waals surface area contributed by atoms with Gasteiger partial charge in [0.05, 0.1) is 6.04 Å². The first-order chi connectivity index (χ1) is 12.6. The van der Waals surface area contributed by atoms with Crippen LogP contribution in [0.4, 0.5) is 4.39 Å². The number of hydrogen-bond acceptors (Lipinski definition) is 3. The van der Waals surface area contributed by atoms with Gasteiger partial charge in [-0.15, -0.1) is 0 Å². The molecule has 3 aromatic rings. The lowest BCUT2D eigenvalue weighted by molar-refractivity contribution is 0.261. The van der Waals surface area contributed by atoms with Gasteiger partial charge in [-0.2, -0.15) is 0 Å². The van der Waals surface area contributed by atoms with Gasteiger partial charge in [0.15, 0.2) is 0 Å². The maximum absolute atomic E-state index is 13.7. The topological polar surface area (TPSA) is 40.3 Å². The summed E-state index contributed by atoms with van der Waals surface area (Å²) in [6, 6.07) is 13.3. The van der Waals surface area contributed by atoms with Crippen LogP contribution >= 0.6 is 0 Å². The second-order valence-electron chi connectivity index (χ2n) is 7.07. The molecular weight excluding hydrogens is 329 g/mol. The van der Waals surface area contributed by atoms with Crippen LogP contribution in [-0.4, -0.2) is 43.7 Å².